The third-order valence-electron chi connectivity index (χ3n) is 3.40. The minimum Gasteiger partial charge on any atom is -0.506 e. The number of phenolic OH excluding ortho intramolecular Hbond substituents is 1. The predicted molar refractivity (Wildman–Crippen MR) is 78.0 cm³/mol. The molecule has 1 heterocycles. The number of phenols is 1. The molecule has 0 saturated carbocycles. The van der Waals surface area contributed by atoms with E-state index >= 15 is 0 Å². The van der Waals surface area contributed by atoms with Gasteiger partial charge in [0.05, 0.1) is 10.6 Å². The minimum atomic E-state index is -3.61. The largest absolute Gasteiger partial charge is 0.506 e. The van der Waals surface area contributed by atoms with Gasteiger partial charge in [-0.2, -0.15) is 0 Å². The van der Waals surface area contributed by atoms with Crippen LogP contribution in [0.1, 0.15) is 19.8 Å². The molecule has 1 fully saturated rings. The van der Waals surface area contributed by atoms with Crippen LogP contribution in [0.4, 0.5) is 5.69 Å². The van der Waals surface area contributed by atoms with Crippen LogP contribution < -0.4 is 10.5 Å². The number of hydrogen-bond acceptors (Lipinski definition) is 5. The Labute approximate surface area is 119 Å². The molecule has 1 unspecified atom stereocenters. The van der Waals surface area contributed by atoms with Gasteiger partial charge in [-0.3, -0.25) is 0 Å². The summed E-state index contributed by atoms with van der Waals surface area (Å²) in [5.74, 6) is -0.117. The molecule has 2 rings (SSSR count). The molecule has 7 heteroatoms. The van der Waals surface area contributed by atoms with Gasteiger partial charge in [0.15, 0.2) is 0 Å². The van der Waals surface area contributed by atoms with Crippen molar-refractivity contribution in [2.45, 2.75) is 30.7 Å². The summed E-state index contributed by atoms with van der Waals surface area (Å²) in [5, 5.41) is 9.33. The maximum absolute atomic E-state index is 12.2. The monoisotopic (exact) mass is 299 g/mol. The molecule has 1 saturated heterocycles. The summed E-state index contributed by atoms with van der Waals surface area (Å²) >= 11 is 0. The zero-order valence-corrected chi connectivity index (χ0v) is 12.4. The van der Waals surface area contributed by atoms with E-state index in [1.165, 1.54) is 31.0 Å². The van der Waals surface area contributed by atoms with Crippen molar-refractivity contribution in [3.8, 4) is 5.75 Å². The number of anilines is 1. The number of likely N-dealkylation sites (tertiary alicyclic amines) is 1. The van der Waals surface area contributed by atoms with Crippen molar-refractivity contribution in [2.24, 2.45) is 0 Å². The van der Waals surface area contributed by atoms with Gasteiger partial charge in [0.1, 0.15) is 5.75 Å². The van der Waals surface area contributed by atoms with Gasteiger partial charge in [0, 0.05) is 12.6 Å². The van der Waals surface area contributed by atoms with Gasteiger partial charge >= 0.3 is 0 Å². The Bertz CT molecular complexity index is 568. The van der Waals surface area contributed by atoms with Gasteiger partial charge in [-0.25, -0.2) is 13.1 Å². The van der Waals surface area contributed by atoms with E-state index in [2.05, 4.69) is 9.62 Å². The molecule has 1 aromatic carbocycles. The van der Waals surface area contributed by atoms with E-state index in [-0.39, 0.29) is 22.4 Å². The summed E-state index contributed by atoms with van der Waals surface area (Å²) in [5.41, 5.74) is 5.59. The summed E-state index contributed by atoms with van der Waals surface area (Å²) < 4.78 is 27.1. The number of aromatic hydroxyl groups is 1. The van der Waals surface area contributed by atoms with Crippen molar-refractivity contribution >= 4 is 15.7 Å². The normalized spacial score (nSPS) is 18.2. The Morgan fingerprint density at radius 3 is 2.65 bits per heavy atom. The van der Waals surface area contributed by atoms with Gasteiger partial charge < -0.3 is 15.7 Å². The topological polar surface area (TPSA) is 95.7 Å². The molecule has 6 nitrogen and oxygen atoms in total. The van der Waals surface area contributed by atoms with Crippen molar-refractivity contribution in [3.63, 3.8) is 0 Å². The van der Waals surface area contributed by atoms with E-state index in [9.17, 15) is 13.5 Å². The molecular formula is C13H21N3O3S. The van der Waals surface area contributed by atoms with Crippen LogP contribution >= 0.6 is 0 Å². The average molecular weight is 299 g/mol. The molecule has 1 atom stereocenters. The number of rotatable bonds is 5. The Hall–Kier alpha value is -1.31. The lowest BCUT2D eigenvalue weighted by Gasteiger charge is -2.21. The first-order valence-electron chi connectivity index (χ1n) is 6.71. The van der Waals surface area contributed by atoms with E-state index in [4.69, 9.17) is 5.73 Å². The van der Waals surface area contributed by atoms with Crippen LogP contribution in [0.5, 0.6) is 5.75 Å². The van der Waals surface area contributed by atoms with Crippen molar-refractivity contribution in [1.82, 2.24) is 9.62 Å². The second-order valence-electron chi connectivity index (χ2n) is 5.25. The van der Waals surface area contributed by atoms with Crippen LogP contribution in [-0.2, 0) is 10.0 Å². The lowest BCUT2D eigenvalue weighted by atomic mass is 10.3. The Morgan fingerprint density at radius 2 is 2.05 bits per heavy atom. The number of benzene rings is 1. The molecule has 0 aromatic heterocycles. The van der Waals surface area contributed by atoms with Gasteiger partial charge in [-0.1, -0.05) is 0 Å². The first kappa shape index (κ1) is 15.1. The first-order valence-corrected chi connectivity index (χ1v) is 8.20. The molecule has 20 heavy (non-hydrogen) atoms. The number of nitrogens with zero attached hydrogens (tertiary/aromatic N) is 1. The number of nitrogens with two attached hydrogens (primary N) is 1. The minimum absolute atomic E-state index is 0.0556. The lowest BCUT2D eigenvalue weighted by molar-refractivity contribution is 0.313. The van der Waals surface area contributed by atoms with Crippen LogP contribution in [0.2, 0.25) is 0 Å². The van der Waals surface area contributed by atoms with Crippen molar-refractivity contribution in [3.05, 3.63) is 18.2 Å². The molecular weight excluding hydrogens is 278 g/mol. The second kappa shape index (κ2) is 5.99. The summed E-state index contributed by atoms with van der Waals surface area (Å²) in [6, 6.07) is 3.72. The highest BCUT2D eigenvalue weighted by Crippen LogP contribution is 2.23. The SMILES string of the molecule is CC(CN1CCCC1)NS(=O)(=O)c1ccc(O)c(N)c1. The summed E-state index contributed by atoms with van der Waals surface area (Å²) in [4.78, 5) is 2.32. The van der Waals surface area contributed by atoms with Crippen LogP contribution in [-0.4, -0.2) is 44.1 Å². The third kappa shape index (κ3) is 3.62. The van der Waals surface area contributed by atoms with E-state index in [1.54, 1.807) is 0 Å². The Morgan fingerprint density at radius 1 is 1.40 bits per heavy atom. The first-order chi connectivity index (χ1) is 9.38. The molecule has 0 spiro atoms. The van der Waals surface area contributed by atoms with E-state index in [0.717, 1.165) is 13.1 Å². The van der Waals surface area contributed by atoms with E-state index < -0.39 is 10.0 Å². The van der Waals surface area contributed by atoms with Crippen molar-refractivity contribution < 1.29 is 13.5 Å². The number of sulfonamides is 1. The molecule has 4 N–H and O–H groups in total. The molecule has 0 amide bonds. The zero-order chi connectivity index (χ0) is 14.8. The van der Waals surface area contributed by atoms with Crippen LogP contribution in [0.3, 0.4) is 0 Å². The van der Waals surface area contributed by atoms with Crippen molar-refractivity contribution in [1.29, 1.82) is 0 Å². The van der Waals surface area contributed by atoms with Gasteiger partial charge in [-0.05, 0) is 51.1 Å². The second-order valence-corrected chi connectivity index (χ2v) is 6.96. The quantitative estimate of drug-likeness (QED) is 0.550. The summed E-state index contributed by atoms with van der Waals surface area (Å²) in [7, 11) is -3.61. The van der Waals surface area contributed by atoms with Gasteiger partial charge in [0.2, 0.25) is 10.0 Å². The van der Waals surface area contributed by atoms with Crippen LogP contribution in [0, 0.1) is 0 Å². The van der Waals surface area contributed by atoms with Crippen LogP contribution in [0.25, 0.3) is 0 Å². The highest BCUT2D eigenvalue weighted by molar-refractivity contribution is 7.89. The fourth-order valence-corrected chi connectivity index (χ4v) is 3.69. The maximum atomic E-state index is 12.2. The number of nitrogens with one attached hydrogen (secondary N) is 1. The smallest absolute Gasteiger partial charge is 0.240 e. The number of nitrogen functional groups attached to an aromatic ring is 1. The maximum Gasteiger partial charge on any atom is 0.240 e. The van der Waals surface area contributed by atoms with E-state index in [0.29, 0.717) is 6.54 Å². The van der Waals surface area contributed by atoms with E-state index in [1.807, 2.05) is 6.92 Å². The highest BCUT2D eigenvalue weighted by atomic mass is 32.2. The Balaban J connectivity index is 2.03. The molecule has 112 valence electrons. The van der Waals surface area contributed by atoms with Crippen LogP contribution in [0.15, 0.2) is 23.1 Å². The van der Waals surface area contributed by atoms with Gasteiger partial charge in [-0.15, -0.1) is 0 Å². The third-order valence-corrected chi connectivity index (χ3v) is 4.98. The highest BCUT2D eigenvalue weighted by Gasteiger charge is 2.21. The number of hydrogen-bond donors (Lipinski definition) is 3. The average Bonchev–Trinajstić information content (AvgIpc) is 2.84. The fraction of sp³-hybridized carbons (Fsp3) is 0.538. The molecule has 1 aliphatic rings. The summed E-state index contributed by atoms with van der Waals surface area (Å²) in [6.07, 6.45) is 2.35. The molecule has 1 aromatic rings. The summed E-state index contributed by atoms with van der Waals surface area (Å²) in [6.45, 7) is 4.60. The van der Waals surface area contributed by atoms with Gasteiger partial charge in [0.25, 0.3) is 0 Å². The zero-order valence-electron chi connectivity index (χ0n) is 11.5. The molecule has 0 bridgehead atoms. The molecule has 1 aliphatic heterocycles. The lowest BCUT2D eigenvalue weighted by Crippen LogP contribution is -2.41. The molecule has 0 radical (unpaired) electrons. The molecule has 0 aliphatic carbocycles. The standard InChI is InChI=1S/C13H21N3O3S/c1-10(9-16-6-2-3-7-16)15-20(18,19)11-4-5-13(17)12(14)8-11/h4-5,8,10,15,17H,2-3,6-7,9,14H2,1H3. The predicted octanol–water partition coefficient (Wildman–Crippen LogP) is 0.737. The Kier molecular flexibility index (Phi) is 4.52. The van der Waals surface area contributed by atoms with Crippen molar-refractivity contribution in [2.75, 3.05) is 25.4 Å². The fourth-order valence-electron chi connectivity index (χ4n) is 2.42.